The predicted octanol–water partition coefficient (Wildman–Crippen LogP) is 4.94. The number of rotatable bonds is 5. The lowest BCUT2D eigenvalue weighted by Gasteiger charge is -2.36. The van der Waals surface area contributed by atoms with Gasteiger partial charge in [-0.1, -0.05) is 18.5 Å². The lowest BCUT2D eigenvalue weighted by molar-refractivity contribution is -0.0588. The summed E-state index contributed by atoms with van der Waals surface area (Å²) >= 11 is 6.36. The van der Waals surface area contributed by atoms with Crippen molar-refractivity contribution in [3.8, 4) is 5.75 Å². The number of amides is 1. The second-order valence-corrected chi connectivity index (χ2v) is 9.82. The van der Waals surface area contributed by atoms with Crippen LogP contribution in [0.4, 0.5) is 10.2 Å². The van der Waals surface area contributed by atoms with Crippen LogP contribution in [-0.2, 0) is 4.74 Å². The number of hydrogen-bond donors (Lipinski definition) is 1. The molecule has 3 aromatic rings. The first-order chi connectivity index (χ1) is 16.5. The van der Waals surface area contributed by atoms with Crippen molar-refractivity contribution in [1.82, 2.24) is 19.3 Å². The quantitative estimate of drug-likeness (QED) is 0.443. The van der Waals surface area contributed by atoms with Gasteiger partial charge in [0.05, 0.1) is 29.0 Å². The van der Waals surface area contributed by atoms with Crippen LogP contribution < -0.4 is 10.5 Å². The fraction of sp³-hybridized carbons (Fsp3) is 0.480. The zero-order chi connectivity index (χ0) is 25.6. The van der Waals surface area contributed by atoms with Gasteiger partial charge in [0.25, 0.3) is 5.91 Å². The zero-order valence-corrected chi connectivity index (χ0v) is 26.1. The molecular formula is C25H37ClFN5O3S3. The Labute approximate surface area is 248 Å². The number of nitrogens with two attached hydrogens (primary N) is 1. The fourth-order valence-electron chi connectivity index (χ4n) is 4.72. The molecule has 0 saturated carbocycles. The molecule has 0 aliphatic carbocycles. The van der Waals surface area contributed by atoms with E-state index in [1.807, 2.05) is 45.9 Å². The minimum atomic E-state index is -0.798. The van der Waals surface area contributed by atoms with Gasteiger partial charge in [0, 0.05) is 37.0 Å². The number of nitrogens with zero attached hydrogens (tertiary/aromatic N) is 4. The number of carbonyl (C=O) groups excluding carboxylic acids is 1. The summed E-state index contributed by atoms with van der Waals surface area (Å²) in [5.74, 6) is -0.504. The van der Waals surface area contributed by atoms with Gasteiger partial charge >= 0.3 is 0 Å². The van der Waals surface area contributed by atoms with Crippen LogP contribution in [0.2, 0.25) is 5.02 Å². The molecule has 2 N–H and O–H groups in total. The van der Waals surface area contributed by atoms with Crippen molar-refractivity contribution in [3.63, 3.8) is 0 Å². The van der Waals surface area contributed by atoms with Crippen molar-refractivity contribution in [1.29, 1.82) is 0 Å². The summed E-state index contributed by atoms with van der Waals surface area (Å²) in [5, 5.41) is -0.153. The van der Waals surface area contributed by atoms with Crippen LogP contribution in [0.5, 0.6) is 5.75 Å². The molecule has 0 bridgehead atoms. The van der Waals surface area contributed by atoms with Gasteiger partial charge < -0.3 is 20.1 Å². The van der Waals surface area contributed by atoms with E-state index < -0.39 is 17.6 Å². The molecule has 13 heteroatoms. The highest BCUT2D eigenvalue weighted by atomic mass is 35.5. The van der Waals surface area contributed by atoms with Crippen molar-refractivity contribution < 1.29 is 18.7 Å². The molecule has 1 amide bonds. The first-order valence-corrected chi connectivity index (χ1v) is 12.1. The average Bonchev–Trinajstić information content (AvgIpc) is 3.12. The van der Waals surface area contributed by atoms with Crippen molar-refractivity contribution in [2.75, 3.05) is 18.8 Å². The molecule has 38 heavy (non-hydrogen) atoms. The Morgan fingerprint density at radius 3 is 2.39 bits per heavy atom. The number of nitrogen functional groups attached to an aromatic ring is 1. The minimum absolute atomic E-state index is 0. The van der Waals surface area contributed by atoms with Crippen molar-refractivity contribution in [3.05, 3.63) is 51.9 Å². The summed E-state index contributed by atoms with van der Waals surface area (Å²) < 4.78 is 29.2. The number of anilines is 1. The standard InChI is InChI=1S/C25H31ClFN5O3.3H2S/c1-12(2)34-22-17(15(5)24-30-16(6)21-23(28)29-7-8-32(21)24)9-18(26)20(27)19(22)25(33)31-10-13(3)35-14(4)11-31;;;/h7-9,12-15H,10-11H2,1-6H3,(H2,28,29);3*1H2/t13-,14-,15-;;;/m0.../s1. The van der Waals surface area contributed by atoms with Gasteiger partial charge in [0.1, 0.15) is 28.5 Å². The number of carbonyl (C=O) groups is 1. The molecule has 1 aromatic carbocycles. The highest BCUT2D eigenvalue weighted by Gasteiger charge is 2.34. The number of morpholine rings is 1. The van der Waals surface area contributed by atoms with Gasteiger partial charge in [-0.3, -0.25) is 9.20 Å². The van der Waals surface area contributed by atoms with Gasteiger partial charge in [-0.25, -0.2) is 14.4 Å². The molecule has 0 unspecified atom stereocenters. The van der Waals surface area contributed by atoms with Crippen LogP contribution in [0.15, 0.2) is 18.5 Å². The molecule has 1 fully saturated rings. The Balaban J connectivity index is 0.00000241. The van der Waals surface area contributed by atoms with Crippen LogP contribution in [-0.4, -0.2) is 56.6 Å². The largest absolute Gasteiger partial charge is 0.490 e. The second kappa shape index (κ2) is 13.5. The second-order valence-electron chi connectivity index (χ2n) is 9.41. The molecule has 212 valence electrons. The summed E-state index contributed by atoms with van der Waals surface area (Å²) in [6.07, 6.45) is 2.72. The normalized spacial score (nSPS) is 17.9. The number of fused-ring (bicyclic) bond motifs is 1. The Morgan fingerprint density at radius 1 is 1.21 bits per heavy atom. The Kier molecular flexibility index (Phi) is 12.1. The SMILES string of the molecule is Cc1nc([C@@H](C)c2cc(Cl)c(F)c(C(=O)N3C[C@H](C)O[C@@H](C)C3)c2OC(C)C)n2ccnc(N)c12.S.S.S. The third-order valence-electron chi connectivity index (χ3n) is 6.11. The smallest absolute Gasteiger partial charge is 0.260 e. The monoisotopic (exact) mass is 605 g/mol. The van der Waals surface area contributed by atoms with Crippen molar-refractivity contribution in [2.24, 2.45) is 0 Å². The Hall–Kier alpha value is -1.86. The van der Waals surface area contributed by atoms with Crippen LogP contribution in [0.1, 0.15) is 68.0 Å². The fourth-order valence-corrected chi connectivity index (χ4v) is 4.93. The Morgan fingerprint density at radius 2 is 1.82 bits per heavy atom. The first kappa shape index (κ1) is 34.2. The molecule has 1 aliphatic heterocycles. The number of imidazole rings is 1. The number of halogens is 2. The molecule has 3 heterocycles. The summed E-state index contributed by atoms with van der Waals surface area (Å²) in [7, 11) is 0. The van der Waals surface area contributed by atoms with Crippen LogP contribution in [0, 0.1) is 12.7 Å². The molecule has 4 rings (SSSR count). The highest BCUT2D eigenvalue weighted by molar-refractivity contribution is 7.59. The van der Waals surface area contributed by atoms with E-state index >= 15 is 4.39 Å². The van der Waals surface area contributed by atoms with Crippen LogP contribution >= 0.6 is 52.1 Å². The van der Waals surface area contributed by atoms with E-state index in [4.69, 9.17) is 31.8 Å². The van der Waals surface area contributed by atoms with E-state index in [2.05, 4.69) is 4.98 Å². The molecule has 0 spiro atoms. The maximum atomic E-state index is 15.5. The molecular weight excluding hydrogens is 569 g/mol. The van der Waals surface area contributed by atoms with E-state index in [9.17, 15) is 4.79 Å². The number of benzene rings is 1. The maximum absolute atomic E-state index is 15.5. The summed E-state index contributed by atoms with van der Waals surface area (Å²) in [5.41, 5.74) is 7.89. The average molecular weight is 606 g/mol. The third-order valence-corrected chi connectivity index (χ3v) is 6.39. The maximum Gasteiger partial charge on any atom is 0.260 e. The molecule has 3 atom stereocenters. The van der Waals surface area contributed by atoms with Crippen LogP contribution in [0.25, 0.3) is 5.52 Å². The topological polar surface area (TPSA) is 95.0 Å². The number of hydrogen-bond acceptors (Lipinski definition) is 6. The van der Waals surface area contributed by atoms with Gasteiger partial charge in [-0.15, -0.1) is 0 Å². The number of aromatic nitrogens is 3. The number of ether oxygens (including phenoxy) is 2. The van der Waals surface area contributed by atoms with E-state index in [1.165, 1.54) is 6.07 Å². The third kappa shape index (κ3) is 6.47. The molecule has 2 aromatic heterocycles. The van der Waals surface area contributed by atoms with Crippen molar-refractivity contribution in [2.45, 2.75) is 65.8 Å². The Bertz CT molecular complexity index is 1280. The van der Waals surface area contributed by atoms with E-state index in [0.717, 1.165) is 0 Å². The summed E-state index contributed by atoms with van der Waals surface area (Å²) in [6, 6.07) is 1.52. The minimum Gasteiger partial charge on any atom is -0.490 e. The van der Waals surface area contributed by atoms with Crippen LogP contribution in [0.3, 0.4) is 0 Å². The molecule has 1 saturated heterocycles. The van der Waals surface area contributed by atoms with Gasteiger partial charge in [0.2, 0.25) is 0 Å². The highest BCUT2D eigenvalue weighted by Crippen LogP contribution is 2.40. The number of aryl methyl sites for hydroxylation is 1. The van der Waals surface area contributed by atoms with E-state index in [0.29, 0.717) is 41.5 Å². The van der Waals surface area contributed by atoms with Gasteiger partial charge in [0.15, 0.2) is 5.82 Å². The molecule has 8 nitrogen and oxygen atoms in total. The van der Waals surface area contributed by atoms with Gasteiger partial charge in [-0.05, 0) is 40.7 Å². The van der Waals surface area contributed by atoms with Gasteiger partial charge in [-0.2, -0.15) is 40.5 Å². The summed E-state index contributed by atoms with van der Waals surface area (Å²) in [6.45, 7) is 11.9. The van der Waals surface area contributed by atoms with E-state index in [-0.39, 0.29) is 75.1 Å². The lowest BCUT2D eigenvalue weighted by atomic mass is 9.95. The predicted molar refractivity (Wildman–Crippen MR) is 164 cm³/mol. The molecule has 0 radical (unpaired) electrons. The zero-order valence-electron chi connectivity index (χ0n) is 22.3. The molecule has 1 aliphatic rings. The first-order valence-electron chi connectivity index (χ1n) is 11.7. The lowest BCUT2D eigenvalue weighted by Crippen LogP contribution is -2.48. The van der Waals surface area contributed by atoms with E-state index in [1.54, 1.807) is 17.3 Å². The van der Waals surface area contributed by atoms with Crippen molar-refractivity contribution >= 4 is 69.3 Å². The summed E-state index contributed by atoms with van der Waals surface area (Å²) in [4.78, 5) is 24.2.